The van der Waals surface area contributed by atoms with Gasteiger partial charge in [-0.15, -0.1) is 0 Å². The minimum atomic E-state index is 0.301. The van der Waals surface area contributed by atoms with Crippen LogP contribution in [-0.2, 0) is 0 Å². The van der Waals surface area contributed by atoms with Crippen LogP contribution in [0.15, 0.2) is 5.16 Å². The fourth-order valence-electron chi connectivity index (χ4n) is 1.27. The van der Waals surface area contributed by atoms with Gasteiger partial charge in [-0.25, -0.2) is 0 Å². The van der Waals surface area contributed by atoms with Gasteiger partial charge in [-0.1, -0.05) is 18.7 Å². The van der Waals surface area contributed by atoms with Gasteiger partial charge in [-0.2, -0.15) is 15.0 Å². The van der Waals surface area contributed by atoms with Gasteiger partial charge in [0.25, 0.3) is 0 Å². The first-order valence-corrected chi connectivity index (χ1v) is 6.59. The van der Waals surface area contributed by atoms with Crippen LogP contribution >= 0.6 is 11.8 Å². The predicted molar refractivity (Wildman–Crippen MR) is 68.8 cm³/mol. The molecule has 16 heavy (non-hydrogen) atoms. The molecule has 2 N–H and O–H groups in total. The molecule has 6 heteroatoms. The Labute approximate surface area is 101 Å². The lowest BCUT2D eigenvalue weighted by molar-refractivity contribution is 0.786. The van der Waals surface area contributed by atoms with Crippen LogP contribution in [0, 0.1) is 0 Å². The molecule has 0 fully saturated rings. The minimum absolute atomic E-state index is 0.301. The van der Waals surface area contributed by atoms with Crippen LogP contribution in [0.4, 0.5) is 11.9 Å². The molecule has 0 saturated heterocycles. The van der Waals surface area contributed by atoms with Crippen molar-refractivity contribution in [2.75, 3.05) is 29.5 Å². The van der Waals surface area contributed by atoms with E-state index in [0.29, 0.717) is 11.9 Å². The van der Waals surface area contributed by atoms with Crippen LogP contribution in [-0.4, -0.2) is 33.8 Å². The van der Waals surface area contributed by atoms with Crippen LogP contribution < -0.4 is 10.6 Å². The average Bonchev–Trinajstić information content (AvgIpc) is 2.27. The van der Waals surface area contributed by atoms with Gasteiger partial charge in [0.1, 0.15) is 0 Å². The fraction of sp³-hybridized carbons (Fsp3) is 0.700. The lowest BCUT2D eigenvalue weighted by atomic mass is 10.5. The van der Waals surface area contributed by atoms with Gasteiger partial charge in [0.2, 0.25) is 11.9 Å². The molecule has 0 spiro atoms. The molecule has 0 radical (unpaired) electrons. The molecule has 0 aromatic carbocycles. The van der Waals surface area contributed by atoms with Crippen LogP contribution in [0.5, 0.6) is 0 Å². The maximum atomic E-state index is 5.68. The second-order valence-corrected chi connectivity index (χ2v) is 4.36. The quantitative estimate of drug-likeness (QED) is 0.766. The van der Waals surface area contributed by atoms with Gasteiger partial charge < -0.3 is 10.6 Å². The number of nitrogen functional groups attached to an aromatic ring is 1. The number of nitrogens with zero attached hydrogens (tertiary/aromatic N) is 4. The molecule has 0 amide bonds. The Kier molecular flexibility index (Phi) is 5.31. The van der Waals surface area contributed by atoms with E-state index < -0.39 is 0 Å². The number of thioether (sulfide) groups is 1. The topological polar surface area (TPSA) is 67.9 Å². The largest absolute Gasteiger partial charge is 0.368 e. The molecule has 0 aliphatic carbocycles. The van der Waals surface area contributed by atoms with Crippen molar-refractivity contribution in [1.82, 2.24) is 15.0 Å². The van der Waals surface area contributed by atoms with Gasteiger partial charge in [-0.05, 0) is 20.3 Å². The Bertz CT molecular complexity index is 327. The lowest BCUT2D eigenvalue weighted by Crippen LogP contribution is -2.25. The van der Waals surface area contributed by atoms with E-state index in [1.54, 1.807) is 11.8 Å². The number of rotatable bonds is 6. The van der Waals surface area contributed by atoms with Crippen molar-refractivity contribution in [3.8, 4) is 0 Å². The first-order valence-electron chi connectivity index (χ1n) is 5.60. The second kappa shape index (κ2) is 6.52. The maximum absolute atomic E-state index is 5.68. The van der Waals surface area contributed by atoms with Gasteiger partial charge in [-0.3, -0.25) is 0 Å². The highest BCUT2D eigenvalue weighted by atomic mass is 32.2. The molecule has 90 valence electrons. The standard InChI is InChI=1S/C10H19N5S/c1-4-7-16-10-13-8(11)12-9(14-10)15(5-2)6-3/h4-7H2,1-3H3,(H2,11,12,13,14). The predicted octanol–water partition coefficient (Wildman–Crippen LogP) is 1.80. The highest BCUT2D eigenvalue weighted by molar-refractivity contribution is 7.99. The summed E-state index contributed by atoms with van der Waals surface area (Å²) >= 11 is 1.62. The Hall–Kier alpha value is -1.04. The third-order valence-electron chi connectivity index (χ3n) is 2.10. The van der Waals surface area contributed by atoms with Crippen molar-refractivity contribution in [3.63, 3.8) is 0 Å². The van der Waals surface area contributed by atoms with Gasteiger partial charge in [0, 0.05) is 18.8 Å². The van der Waals surface area contributed by atoms with E-state index in [2.05, 4.69) is 40.6 Å². The zero-order chi connectivity index (χ0) is 12.0. The normalized spacial score (nSPS) is 10.4. The van der Waals surface area contributed by atoms with Crippen molar-refractivity contribution >= 4 is 23.7 Å². The summed E-state index contributed by atoms with van der Waals surface area (Å²) < 4.78 is 0. The average molecular weight is 241 g/mol. The van der Waals surface area contributed by atoms with E-state index in [0.717, 1.165) is 30.4 Å². The van der Waals surface area contributed by atoms with E-state index in [4.69, 9.17) is 5.73 Å². The van der Waals surface area contributed by atoms with Crippen LogP contribution in [0.1, 0.15) is 27.2 Å². The minimum Gasteiger partial charge on any atom is -0.368 e. The summed E-state index contributed by atoms with van der Waals surface area (Å²) in [5.41, 5.74) is 5.68. The Balaban J connectivity index is 2.88. The molecule has 0 saturated carbocycles. The maximum Gasteiger partial charge on any atom is 0.231 e. The van der Waals surface area contributed by atoms with E-state index in [9.17, 15) is 0 Å². The van der Waals surface area contributed by atoms with Crippen molar-refractivity contribution < 1.29 is 0 Å². The monoisotopic (exact) mass is 241 g/mol. The van der Waals surface area contributed by atoms with Crippen molar-refractivity contribution in [3.05, 3.63) is 0 Å². The van der Waals surface area contributed by atoms with E-state index >= 15 is 0 Å². The van der Waals surface area contributed by atoms with Crippen LogP contribution in [0.3, 0.4) is 0 Å². The molecule has 1 rings (SSSR count). The smallest absolute Gasteiger partial charge is 0.231 e. The summed E-state index contributed by atoms with van der Waals surface area (Å²) in [5.74, 6) is 1.98. The van der Waals surface area contributed by atoms with Gasteiger partial charge in [0.15, 0.2) is 5.16 Å². The van der Waals surface area contributed by atoms with Crippen molar-refractivity contribution in [1.29, 1.82) is 0 Å². The van der Waals surface area contributed by atoms with Crippen molar-refractivity contribution in [2.24, 2.45) is 0 Å². The molecule has 0 aliphatic rings. The molecule has 0 bridgehead atoms. The molecule has 0 atom stereocenters. The first-order chi connectivity index (χ1) is 7.71. The summed E-state index contributed by atoms with van der Waals surface area (Å²) in [7, 11) is 0. The van der Waals surface area contributed by atoms with Crippen LogP contribution in [0.25, 0.3) is 0 Å². The highest BCUT2D eigenvalue weighted by Gasteiger charge is 2.09. The third-order valence-corrected chi connectivity index (χ3v) is 3.16. The second-order valence-electron chi connectivity index (χ2n) is 3.30. The molecular formula is C10H19N5S. The Morgan fingerprint density at radius 1 is 1.12 bits per heavy atom. The Morgan fingerprint density at radius 3 is 2.38 bits per heavy atom. The number of nitrogens with two attached hydrogens (primary N) is 1. The summed E-state index contributed by atoms with van der Waals surface area (Å²) in [6.07, 6.45) is 1.09. The number of anilines is 2. The molecule has 0 aliphatic heterocycles. The lowest BCUT2D eigenvalue weighted by Gasteiger charge is -2.18. The SMILES string of the molecule is CCCSc1nc(N)nc(N(CC)CC)n1. The van der Waals surface area contributed by atoms with Gasteiger partial charge >= 0.3 is 0 Å². The Morgan fingerprint density at radius 2 is 1.81 bits per heavy atom. The molecular weight excluding hydrogens is 222 g/mol. The van der Waals surface area contributed by atoms with E-state index in [-0.39, 0.29) is 0 Å². The fourth-order valence-corrected chi connectivity index (χ4v) is 1.96. The summed E-state index contributed by atoms with van der Waals surface area (Å²) in [5, 5.41) is 0.719. The highest BCUT2D eigenvalue weighted by Crippen LogP contribution is 2.17. The number of hydrogen-bond acceptors (Lipinski definition) is 6. The van der Waals surface area contributed by atoms with E-state index in [1.807, 2.05) is 0 Å². The molecule has 1 aromatic heterocycles. The number of aromatic nitrogens is 3. The molecule has 5 nitrogen and oxygen atoms in total. The van der Waals surface area contributed by atoms with Crippen molar-refractivity contribution in [2.45, 2.75) is 32.3 Å². The summed E-state index contributed by atoms with van der Waals surface area (Å²) in [6, 6.07) is 0. The molecule has 1 aromatic rings. The summed E-state index contributed by atoms with van der Waals surface area (Å²) in [4.78, 5) is 14.7. The van der Waals surface area contributed by atoms with E-state index in [1.165, 1.54) is 0 Å². The van der Waals surface area contributed by atoms with Crippen LogP contribution in [0.2, 0.25) is 0 Å². The first kappa shape index (κ1) is 13.0. The molecule has 0 unspecified atom stereocenters. The van der Waals surface area contributed by atoms with Gasteiger partial charge in [0.05, 0.1) is 0 Å². The molecule has 1 heterocycles. The third kappa shape index (κ3) is 3.52. The zero-order valence-corrected chi connectivity index (χ0v) is 10.9. The summed E-state index contributed by atoms with van der Waals surface area (Å²) in [6.45, 7) is 8.02. The zero-order valence-electron chi connectivity index (χ0n) is 10.1. The number of hydrogen-bond donors (Lipinski definition) is 1.